The molecule has 0 radical (unpaired) electrons. The normalized spacial score (nSPS) is 6.80. The second-order valence-electron chi connectivity index (χ2n) is 1.54. The molecule has 0 unspecified atom stereocenters. The van der Waals surface area contributed by atoms with Crippen LogP contribution in [0.5, 0.6) is 0 Å². The molecule has 1 aromatic carbocycles. The van der Waals surface area contributed by atoms with Crippen LogP contribution in [0.4, 0.5) is 0 Å². The van der Waals surface area contributed by atoms with Gasteiger partial charge in [0.15, 0.2) is 0 Å². The van der Waals surface area contributed by atoms with E-state index < -0.39 is 0 Å². The van der Waals surface area contributed by atoms with Crippen molar-refractivity contribution in [3.05, 3.63) is 42.5 Å². The molecule has 0 heterocycles. The number of rotatable bonds is 1. The maximum atomic E-state index is 3.62. The fraction of sp³-hybridized carbons (Fsp3) is 0. The van der Waals surface area contributed by atoms with Gasteiger partial charge in [0.25, 0.3) is 0 Å². The van der Waals surface area contributed by atoms with E-state index in [9.17, 15) is 0 Å². The van der Waals surface area contributed by atoms with E-state index in [0.717, 1.165) is 5.56 Å². The van der Waals surface area contributed by atoms with Gasteiger partial charge in [0.05, 0.1) is 0 Å². The zero-order valence-corrected chi connectivity index (χ0v) is 7.85. The largest absolute Gasteiger partial charge is 2.00 e. The molecule has 0 atom stereocenters. The summed E-state index contributed by atoms with van der Waals surface area (Å²) >= 11 is 0. The first kappa shape index (κ1) is 12.7. The van der Waals surface area contributed by atoms with Crippen LogP contribution >= 0.6 is 0 Å². The fourth-order valence-corrected chi connectivity index (χ4v) is 0.536. The third-order valence-electron chi connectivity index (χ3n) is 0.980. The Labute approximate surface area is 83.9 Å². The zero-order chi connectivity index (χ0) is 5.82. The average molecular weight is 163 g/mol. The Balaban J connectivity index is 0. The van der Waals surface area contributed by atoms with Crippen molar-refractivity contribution in [2.24, 2.45) is 0 Å². The molecule has 1 aromatic rings. The van der Waals surface area contributed by atoms with Gasteiger partial charge < -0.3 is 12.4 Å². The quantitative estimate of drug-likeness (QED) is 0.358. The zero-order valence-electron chi connectivity index (χ0n) is 5.68. The molecule has 0 bridgehead atoms. The average Bonchev–Trinajstić information content (AvgIpc) is 1.90. The van der Waals surface area contributed by atoms with Crippen LogP contribution in [0.1, 0.15) is 5.56 Å². The molecular formula is C8H7ClMg. The first-order valence-electron chi connectivity index (χ1n) is 2.52. The first-order chi connectivity index (χ1) is 3.93. The number of hydrogen-bond donors (Lipinski definition) is 0. The topological polar surface area (TPSA) is 0 Å². The molecule has 0 N–H and O–H groups in total. The number of halogens is 1. The summed E-state index contributed by atoms with van der Waals surface area (Å²) in [4.78, 5) is 0. The molecule has 48 valence electrons. The SMILES string of the molecule is C=Cc1cc[c-]cc1.[Cl-].[Mg+2]. The Morgan fingerprint density at radius 3 is 2.10 bits per heavy atom. The second kappa shape index (κ2) is 7.13. The van der Waals surface area contributed by atoms with Gasteiger partial charge >= 0.3 is 23.1 Å². The Morgan fingerprint density at radius 1 is 1.30 bits per heavy atom. The van der Waals surface area contributed by atoms with Crippen molar-refractivity contribution >= 4 is 29.1 Å². The smallest absolute Gasteiger partial charge is 1.00 e. The van der Waals surface area contributed by atoms with Gasteiger partial charge in [0.1, 0.15) is 0 Å². The Kier molecular flexibility index (Phi) is 9.03. The van der Waals surface area contributed by atoms with Gasteiger partial charge in [-0.2, -0.15) is 30.3 Å². The minimum atomic E-state index is 0. The molecule has 10 heavy (non-hydrogen) atoms. The minimum absolute atomic E-state index is 0. The van der Waals surface area contributed by atoms with Crippen molar-refractivity contribution < 1.29 is 12.4 Å². The summed E-state index contributed by atoms with van der Waals surface area (Å²) in [6.45, 7) is 3.62. The summed E-state index contributed by atoms with van der Waals surface area (Å²) in [7, 11) is 0. The van der Waals surface area contributed by atoms with E-state index in [2.05, 4.69) is 12.6 Å². The van der Waals surface area contributed by atoms with Gasteiger partial charge in [-0.25, -0.2) is 0 Å². The summed E-state index contributed by atoms with van der Waals surface area (Å²) in [6.07, 6.45) is 1.81. The molecule has 0 saturated heterocycles. The van der Waals surface area contributed by atoms with Gasteiger partial charge in [-0.05, 0) is 0 Å². The third-order valence-corrected chi connectivity index (χ3v) is 0.980. The third kappa shape index (κ3) is 3.93. The maximum Gasteiger partial charge on any atom is 2.00 e. The van der Waals surface area contributed by atoms with E-state index in [1.54, 1.807) is 0 Å². The monoisotopic (exact) mass is 162 g/mol. The van der Waals surface area contributed by atoms with Gasteiger partial charge in [0, 0.05) is 0 Å². The molecule has 0 aliphatic rings. The Morgan fingerprint density at radius 2 is 1.80 bits per heavy atom. The number of benzene rings is 1. The summed E-state index contributed by atoms with van der Waals surface area (Å²) in [5, 5.41) is 0. The second-order valence-corrected chi connectivity index (χ2v) is 1.54. The first-order valence-corrected chi connectivity index (χ1v) is 2.52. The van der Waals surface area contributed by atoms with Crippen molar-refractivity contribution in [1.82, 2.24) is 0 Å². The summed E-state index contributed by atoms with van der Waals surface area (Å²) < 4.78 is 0. The van der Waals surface area contributed by atoms with E-state index in [-0.39, 0.29) is 35.5 Å². The van der Waals surface area contributed by atoms with Crippen molar-refractivity contribution in [2.75, 3.05) is 0 Å². The molecule has 1 rings (SSSR count). The number of hydrogen-bond acceptors (Lipinski definition) is 0. The van der Waals surface area contributed by atoms with Gasteiger partial charge in [-0.3, -0.25) is 0 Å². The molecule has 0 aliphatic carbocycles. The molecule has 0 spiro atoms. The molecule has 0 amide bonds. The van der Waals surface area contributed by atoms with E-state index in [1.807, 2.05) is 30.3 Å². The maximum absolute atomic E-state index is 3.62. The Hall–Kier alpha value is 0.0162. The van der Waals surface area contributed by atoms with Crippen LogP contribution in [-0.2, 0) is 0 Å². The van der Waals surface area contributed by atoms with Crippen molar-refractivity contribution in [3.8, 4) is 0 Å². The van der Waals surface area contributed by atoms with E-state index in [0.29, 0.717) is 0 Å². The molecular weight excluding hydrogens is 156 g/mol. The molecule has 0 aromatic heterocycles. The van der Waals surface area contributed by atoms with Crippen molar-refractivity contribution in [2.45, 2.75) is 0 Å². The molecule has 0 saturated carbocycles. The van der Waals surface area contributed by atoms with Crippen LogP contribution in [0.15, 0.2) is 30.8 Å². The molecule has 0 nitrogen and oxygen atoms in total. The molecule has 0 fully saturated rings. The summed E-state index contributed by atoms with van der Waals surface area (Å²) in [5.41, 5.74) is 1.14. The van der Waals surface area contributed by atoms with Crippen LogP contribution in [-0.4, -0.2) is 23.1 Å². The van der Waals surface area contributed by atoms with Crippen molar-refractivity contribution in [1.29, 1.82) is 0 Å². The van der Waals surface area contributed by atoms with Crippen LogP contribution in [0.2, 0.25) is 0 Å². The molecule has 0 aliphatic heterocycles. The van der Waals surface area contributed by atoms with Gasteiger partial charge in [-0.1, -0.05) is 6.08 Å². The van der Waals surface area contributed by atoms with Crippen LogP contribution in [0.3, 0.4) is 0 Å². The Bertz CT molecular complexity index is 172. The standard InChI is InChI=1S/C8H7.ClH.Mg/c1-2-8-6-4-3-5-7-8;;/h2,4-7H,1H2;1H;/q-1;;+2/p-1. The van der Waals surface area contributed by atoms with E-state index in [4.69, 9.17) is 0 Å². The van der Waals surface area contributed by atoms with Crippen molar-refractivity contribution in [3.63, 3.8) is 0 Å². The van der Waals surface area contributed by atoms with Gasteiger partial charge in [0.2, 0.25) is 0 Å². The van der Waals surface area contributed by atoms with Crippen LogP contribution in [0.25, 0.3) is 6.08 Å². The van der Waals surface area contributed by atoms with E-state index in [1.165, 1.54) is 0 Å². The predicted octanol–water partition coefficient (Wildman–Crippen LogP) is -1.25. The van der Waals surface area contributed by atoms with Gasteiger partial charge in [-0.15, -0.1) is 12.1 Å². The van der Waals surface area contributed by atoms with Crippen LogP contribution in [0, 0.1) is 6.07 Å². The van der Waals surface area contributed by atoms with E-state index >= 15 is 0 Å². The molecule has 2 heteroatoms. The fourth-order valence-electron chi connectivity index (χ4n) is 0.536. The minimum Gasteiger partial charge on any atom is -1.00 e. The summed E-state index contributed by atoms with van der Waals surface area (Å²) in [6, 6.07) is 10.6. The summed E-state index contributed by atoms with van der Waals surface area (Å²) in [5.74, 6) is 0. The predicted molar refractivity (Wildman–Crippen MR) is 41.1 cm³/mol. The van der Waals surface area contributed by atoms with Crippen LogP contribution < -0.4 is 12.4 Å².